The van der Waals surface area contributed by atoms with E-state index in [1.54, 1.807) is 0 Å². The summed E-state index contributed by atoms with van der Waals surface area (Å²) in [5.41, 5.74) is 1.52. The van der Waals surface area contributed by atoms with E-state index in [1.165, 1.54) is 68.9 Å². The Hall–Kier alpha value is -0.0831. The topological polar surface area (TPSA) is 3.24 Å². The molecular weight excluding hydrogens is 234 g/mol. The highest BCUT2D eigenvalue weighted by Crippen LogP contribution is 2.21. The quantitative estimate of drug-likeness (QED) is 0.507. The molecule has 0 aliphatic carbocycles. The van der Waals surface area contributed by atoms with Crippen molar-refractivity contribution in [2.45, 2.75) is 77.0 Å². The minimum absolute atomic E-state index is 0.507. The molecule has 0 radical (unpaired) electrons. The van der Waals surface area contributed by atoms with Gasteiger partial charge in [0, 0.05) is 14.8 Å². The van der Waals surface area contributed by atoms with Gasteiger partial charge in [-0.1, -0.05) is 57.4 Å². The summed E-state index contributed by atoms with van der Waals surface area (Å²) in [7, 11) is -0.507. The van der Waals surface area contributed by atoms with Crippen LogP contribution in [0.5, 0.6) is 0 Å². The molecule has 2 heteroatoms. The van der Waals surface area contributed by atoms with Gasteiger partial charge in [0.2, 0.25) is 0 Å². The summed E-state index contributed by atoms with van der Waals surface area (Å²) >= 11 is 0. The summed E-state index contributed by atoms with van der Waals surface area (Å²) < 4.78 is 0. The zero-order valence-corrected chi connectivity index (χ0v) is 14.0. The molecule has 0 bridgehead atoms. The Morgan fingerprint density at radius 2 is 1.56 bits per heavy atom. The fraction of sp³-hybridized carbons (Fsp3) is 0.875. The molecule has 1 atom stereocenters. The van der Waals surface area contributed by atoms with Crippen molar-refractivity contribution in [3.63, 3.8) is 0 Å². The predicted molar refractivity (Wildman–Crippen MR) is 86.2 cm³/mol. The molecule has 1 unspecified atom stereocenters. The van der Waals surface area contributed by atoms with Crippen LogP contribution in [0.3, 0.4) is 0 Å². The third-order valence-electron chi connectivity index (χ3n) is 4.73. The van der Waals surface area contributed by atoms with Crippen molar-refractivity contribution in [1.29, 1.82) is 0 Å². The second-order valence-electron chi connectivity index (χ2n) is 6.02. The van der Waals surface area contributed by atoms with Gasteiger partial charge in [0.25, 0.3) is 0 Å². The highest BCUT2D eigenvalue weighted by atomic mass is 28.3. The molecule has 1 fully saturated rings. The fourth-order valence-electron chi connectivity index (χ4n) is 3.04. The van der Waals surface area contributed by atoms with Crippen LogP contribution in [0.25, 0.3) is 0 Å². The van der Waals surface area contributed by atoms with E-state index in [-0.39, 0.29) is 0 Å². The summed E-state index contributed by atoms with van der Waals surface area (Å²) in [6.07, 6.45) is 7.08. The van der Waals surface area contributed by atoms with Gasteiger partial charge in [-0.05, 0) is 38.9 Å². The maximum atomic E-state index is 4.41. The molecule has 0 N–H and O–H groups in total. The van der Waals surface area contributed by atoms with Crippen molar-refractivity contribution in [2.75, 3.05) is 13.1 Å². The maximum Gasteiger partial charge on any atom is 0.0404 e. The van der Waals surface area contributed by atoms with E-state index in [0.29, 0.717) is 6.04 Å². The standard InChI is InChI=1S/C16H33NSi/c1-5-18(6-2)14-15(3)16(4)17-12-10-8-7-9-11-13-17/h16,18H,3,5-14H2,1-2,4H3. The Morgan fingerprint density at radius 3 is 2.06 bits per heavy atom. The second kappa shape index (κ2) is 8.92. The van der Waals surface area contributed by atoms with Gasteiger partial charge >= 0.3 is 0 Å². The number of hydrogen-bond donors (Lipinski definition) is 0. The lowest BCUT2D eigenvalue weighted by Gasteiger charge is -2.32. The first-order chi connectivity index (χ1) is 8.69. The molecule has 1 nitrogen and oxygen atoms in total. The molecular formula is C16H33NSi. The Bertz CT molecular complexity index is 227. The maximum absolute atomic E-state index is 4.41. The molecule has 0 spiro atoms. The van der Waals surface area contributed by atoms with Gasteiger partial charge < -0.3 is 0 Å². The summed E-state index contributed by atoms with van der Waals surface area (Å²) in [5.74, 6) is 0. The van der Waals surface area contributed by atoms with E-state index >= 15 is 0 Å². The Kier molecular flexibility index (Phi) is 7.92. The number of likely N-dealkylation sites (tertiary alicyclic amines) is 1. The molecule has 0 aromatic heterocycles. The molecule has 0 aromatic rings. The van der Waals surface area contributed by atoms with Gasteiger partial charge in [0.1, 0.15) is 0 Å². The second-order valence-corrected chi connectivity index (χ2v) is 9.80. The van der Waals surface area contributed by atoms with E-state index in [9.17, 15) is 0 Å². The van der Waals surface area contributed by atoms with Gasteiger partial charge in [0.05, 0.1) is 0 Å². The van der Waals surface area contributed by atoms with Gasteiger partial charge in [-0.15, -0.1) is 0 Å². The average Bonchev–Trinajstić information content (AvgIpc) is 2.34. The normalized spacial score (nSPS) is 20.4. The molecule has 1 aliphatic heterocycles. The van der Waals surface area contributed by atoms with Gasteiger partial charge in [-0.2, -0.15) is 0 Å². The SMILES string of the molecule is C=C(C[SiH](CC)CC)C(C)N1CCCCCCC1. The third-order valence-corrected chi connectivity index (χ3v) is 8.15. The van der Waals surface area contributed by atoms with E-state index < -0.39 is 8.80 Å². The summed E-state index contributed by atoms with van der Waals surface area (Å²) in [4.78, 5) is 2.69. The molecule has 0 saturated carbocycles. The summed E-state index contributed by atoms with van der Waals surface area (Å²) in [6.45, 7) is 14.1. The van der Waals surface area contributed by atoms with Gasteiger partial charge in [-0.3, -0.25) is 4.90 Å². The monoisotopic (exact) mass is 267 g/mol. The minimum Gasteiger partial charge on any atom is -0.297 e. The van der Waals surface area contributed by atoms with Crippen LogP contribution in [0.15, 0.2) is 12.2 Å². The Balaban J connectivity index is 2.44. The van der Waals surface area contributed by atoms with E-state index in [2.05, 4.69) is 32.3 Å². The van der Waals surface area contributed by atoms with Crippen LogP contribution in [0.2, 0.25) is 18.1 Å². The van der Waals surface area contributed by atoms with Gasteiger partial charge in [-0.25, -0.2) is 0 Å². The fourth-order valence-corrected chi connectivity index (χ4v) is 5.27. The van der Waals surface area contributed by atoms with Crippen molar-refractivity contribution in [3.8, 4) is 0 Å². The van der Waals surface area contributed by atoms with Crippen LogP contribution >= 0.6 is 0 Å². The summed E-state index contributed by atoms with van der Waals surface area (Å²) in [6, 6.07) is 4.85. The van der Waals surface area contributed by atoms with Crippen molar-refractivity contribution in [2.24, 2.45) is 0 Å². The molecule has 18 heavy (non-hydrogen) atoms. The number of rotatable bonds is 6. The zero-order valence-electron chi connectivity index (χ0n) is 12.9. The van der Waals surface area contributed by atoms with Crippen molar-refractivity contribution < 1.29 is 0 Å². The van der Waals surface area contributed by atoms with Crippen molar-refractivity contribution in [3.05, 3.63) is 12.2 Å². The average molecular weight is 268 g/mol. The molecule has 1 rings (SSSR count). The van der Waals surface area contributed by atoms with Crippen LogP contribution in [-0.2, 0) is 0 Å². The Labute approximate surface area is 116 Å². The van der Waals surface area contributed by atoms with Crippen molar-refractivity contribution in [1.82, 2.24) is 4.90 Å². The van der Waals surface area contributed by atoms with E-state index in [1.807, 2.05) is 0 Å². The largest absolute Gasteiger partial charge is 0.297 e. The van der Waals surface area contributed by atoms with Gasteiger partial charge in [0.15, 0.2) is 0 Å². The zero-order chi connectivity index (χ0) is 13.4. The first-order valence-electron chi connectivity index (χ1n) is 8.10. The lowest BCUT2D eigenvalue weighted by molar-refractivity contribution is 0.212. The number of hydrogen-bond acceptors (Lipinski definition) is 1. The molecule has 0 amide bonds. The van der Waals surface area contributed by atoms with Crippen LogP contribution in [0.1, 0.15) is 52.9 Å². The Morgan fingerprint density at radius 1 is 1.06 bits per heavy atom. The lowest BCUT2D eigenvalue weighted by Crippen LogP contribution is -2.37. The molecule has 1 saturated heterocycles. The minimum atomic E-state index is -0.507. The van der Waals surface area contributed by atoms with E-state index in [0.717, 1.165) is 0 Å². The third kappa shape index (κ3) is 5.27. The number of nitrogens with zero attached hydrogens (tertiary/aromatic N) is 1. The highest BCUT2D eigenvalue weighted by molar-refractivity contribution is 6.59. The smallest absolute Gasteiger partial charge is 0.0404 e. The molecule has 1 heterocycles. The van der Waals surface area contributed by atoms with Crippen LogP contribution < -0.4 is 0 Å². The van der Waals surface area contributed by atoms with Crippen LogP contribution in [-0.4, -0.2) is 32.8 Å². The van der Waals surface area contributed by atoms with Crippen LogP contribution in [0.4, 0.5) is 0 Å². The summed E-state index contributed by atoms with van der Waals surface area (Å²) in [5, 5.41) is 0. The first-order valence-corrected chi connectivity index (χ1v) is 10.6. The predicted octanol–water partition coefficient (Wildman–Crippen LogP) is 4.46. The van der Waals surface area contributed by atoms with Crippen molar-refractivity contribution >= 4 is 8.80 Å². The molecule has 0 aromatic carbocycles. The highest BCUT2D eigenvalue weighted by Gasteiger charge is 2.19. The molecule has 1 aliphatic rings. The molecule has 106 valence electrons. The first kappa shape index (κ1) is 16.0. The lowest BCUT2D eigenvalue weighted by atomic mass is 10.0. The van der Waals surface area contributed by atoms with E-state index in [4.69, 9.17) is 0 Å². The van der Waals surface area contributed by atoms with Crippen LogP contribution in [0, 0.1) is 0 Å².